The summed E-state index contributed by atoms with van der Waals surface area (Å²) in [5, 5.41) is 12.7. The lowest BCUT2D eigenvalue weighted by Gasteiger charge is -2.19. The SMILES string of the molecule is CC1CC(NCCc2ccc(CO)cc2)CN1C1CC1. The van der Waals surface area contributed by atoms with Crippen molar-refractivity contribution in [2.75, 3.05) is 13.1 Å². The van der Waals surface area contributed by atoms with E-state index < -0.39 is 0 Å². The van der Waals surface area contributed by atoms with Crippen LogP contribution in [0.15, 0.2) is 24.3 Å². The zero-order valence-electron chi connectivity index (χ0n) is 12.4. The molecular formula is C17H26N2O. The lowest BCUT2D eigenvalue weighted by molar-refractivity contribution is 0.255. The Kier molecular flexibility index (Phi) is 4.39. The fourth-order valence-corrected chi connectivity index (χ4v) is 3.35. The summed E-state index contributed by atoms with van der Waals surface area (Å²) in [5.41, 5.74) is 2.34. The molecule has 1 aliphatic heterocycles. The molecule has 1 aliphatic carbocycles. The van der Waals surface area contributed by atoms with Gasteiger partial charge in [0.15, 0.2) is 0 Å². The Hall–Kier alpha value is -0.900. The van der Waals surface area contributed by atoms with E-state index in [0.29, 0.717) is 6.04 Å². The maximum absolute atomic E-state index is 9.03. The quantitative estimate of drug-likeness (QED) is 0.832. The molecule has 3 nitrogen and oxygen atoms in total. The van der Waals surface area contributed by atoms with E-state index in [-0.39, 0.29) is 6.61 Å². The van der Waals surface area contributed by atoms with Gasteiger partial charge in [0.1, 0.15) is 0 Å². The first kappa shape index (κ1) is 14.1. The van der Waals surface area contributed by atoms with Crippen LogP contribution in [-0.4, -0.2) is 41.2 Å². The zero-order chi connectivity index (χ0) is 13.9. The maximum Gasteiger partial charge on any atom is 0.0681 e. The predicted octanol–water partition coefficient (Wildman–Crippen LogP) is 1.94. The third-order valence-corrected chi connectivity index (χ3v) is 4.69. The number of rotatable bonds is 6. The summed E-state index contributed by atoms with van der Waals surface area (Å²) in [6.07, 6.45) is 5.18. The average Bonchev–Trinajstić information content (AvgIpc) is 3.24. The standard InChI is InChI=1S/C17H26N2O/c1-13-10-16(11-19(13)17-6-7-17)18-9-8-14-2-4-15(12-20)5-3-14/h2-5,13,16-18,20H,6-12H2,1H3. The molecule has 0 amide bonds. The second-order valence-corrected chi connectivity index (χ2v) is 6.39. The zero-order valence-corrected chi connectivity index (χ0v) is 12.4. The molecule has 110 valence electrons. The predicted molar refractivity (Wildman–Crippen MR) is 81.7 cm³/mol. The van der Waals surface area contributed by atoms with Gasteiger partial charge in [0.2, 0.25) is 0 Å². The Bertz CT molecular complexity index is 427. The molecule has 2 atom stereocenters. The second-order valence-electron chi connectivity index (χ2n) is 6.39. The molecule has 0 spiro atoms. The fraction of sp³-hybridized carbons (Fsp3) is 0.647. The number of nitrogens with one attached hydrogen (secondary N) is 1. The Morgan fingerprint density at radius 2 is 1.90 bits per heavy atom. The van der Waals surface area contributed by atoms with E-state index in [4.69, 9.17) is 5.11 Å². The van der Waals surface area contributed by atoms with Crippen molar-refractivity contribution in [1.82, 2.24) is 10.2 Å². The van der Waals surface area contributed by atoms with Crippen molar-refractivity contribution in [1.29, 1.82) is 0 Å². The lowest BCUT2D eigenvalue weighted by Crippen LogP contribution is -2.35. The highest BCUT2D eigenvalue weighted by atomic mass is 16.3. The molecule has 20 heavy (non-hydrogen) atoms. The van der Waals surface area contributed by atoms with Crippen LogP contribution in [0, 0.1) is 0 Å². The topological polar surface area (TPSA) is 35.5 Å². The largest absolute Gasteiger partial charge is 0.392 e. The van der Waals surface area contributed by atoms with Crippen LogP contribution >= 0.6 is 0 Å². The molecule has 0 aromatic heterocycles. The minimum absolute atomic E-state index is 0.134. The van der Waals surface area contributed by atoms with Crippen LogP contribution in [0.3, 0.4) is 0 Å². The molecule has 2 unspecified atom stereocenters. The Morgan fingerprint density at radius 3 is 2.55 bits per heavy atom. The molecule has 1 saturated heterocycles. The van der Waals surface area contributed by atoms with Gasteiger partial charge in [0.25, 0.3) is 0 Å². The molecule has 2 fully saturated rings. The molecule has 1 aromatic carbocycles. The van der Waals surface area contributed by atoms with Crippen molar-refractivity contribution in [2.24, 2.45) is 0 Å². The van der Waals surface area contributed by atoms with Gasteiger partial charge in [0, 0.05) is 24.7 Å². The first-order chi connectivity index (χ1) is 9.76. The Labute approximate surface area is 122 Å². The van der Waals surface area contributed by atoms with E-state index in [1.165, 1.54) is 31.4 Å². The van der Waals surface area contributed by atoms with Crippen LogP contribution in [0.4, 0.5) is 0 Å². The van der Waals surface area contributed by atoms with Gasteiger partial charge in [-0.25, -0.2) is 0 Å². The lowest BCUT2D eigenvalue weighted by atomic mass is 10.1. The normalized spacial score (nSPS) is 27.1. The van der Waals surface area contributed by atoms with Crippen LogP contribution in [0.1, 0.15) is 37.3 Å². The molecule has 3 rings (SSSR count). The second kappa shape index (κ2) is 6.25. The monoisotopic (exact) mass is 274 g/mol. The molecule has 0 radical (unpaired) electrons. The number of aliphatic hydroxyl groups is 1. The van der Waals surface area contributed by atoms with E-state index in [1.807, 2.05) is 12.1 Å². The van der Waals surface area contributed by atoms with Gasteiger partial charge in [-0.15, -0.1) is 0 Å². The van der Waals surface area contributed by atoms with Crippen molar-refractivity contribution in [3.63, 3.8) is 0 Å². The Morgan fingerprint density at radius 1 is 1.20 bits per heavy atom. The molecule has 1 saturated carbocycles. The van der Waals surface area contributed by atoms with E-state index in [9.17, 15) is 0 Å². The molecular weight excluding hydrogens is 248 g/mol. The summed E-state index contributed by atoms with van der Waals surface area (Å²) >= 11 is 0. The van der Waals surface area contributed by atoms with E-state index in [1.54, 1.807) is 0 Å². The molecule has 1 heterocycles. The molecule has 2 aliphatic rings. The highest BCUT2D eigenvalue weighted by Crippen LogP contribution is 2.33. The van der Waals surface area contributed by atoms with Crippen molar-refractivity contribution in [3.05, 3.63) is 35.4 Å². The van der Waals surface area contributed by atoms with Crippen LogP contribution in [0.25, 0.3) is 0 Å². The third-order valence-electron chi connectivity index (χ3n) is 4.69. The minimum Gasteiger partial charge on any atom is -0.392 e. The summed E-state index contributed by atoms with van der Waals surface area (Å²) in [6, 6.07) is 10.6. The Balaban J connectivity index is 1.41. The van der Waals surface area contributed by atoms with Crippen LogP contribution in [-0.2, 0) is 13.0 Å². The van der Waals surface area contributed by atoms with Crippen molar-refractivity contribution >= 4 is 0 Å². The molecule has 0 bridgehead atoms. The van der Waals surface area contributed by atoms with E-state index >= 15 is 0 Å². The highest BCUT2D eigenvalue weighted by molar-refractivity contribution is 5.22. The average molecular weight is 274 g/mol. The molecule has 1 aromatic rings. The third kappa shape index (κ3) is 3.40. The van der Waals surface area contributed by atoms with Crippen LogP contribution in [0.5, 0.6) is 0 Å². The summed E-state index contributed by atoms with van der Waals surface area (Å²) in [7, 11) is 0. The van der Waals surface area contributed by atoms with Gasteiger partial charge < -0.3 is 10.4 Å². The number of hydrogen-bond acceptors (Lipinski definition) is 3. The number of nitrogens with zero attached hydrogens (tertiary/aromatic N) is 1. The summed E-state index contributed by atoms with van der Waals surface area (Å²) in [6.45, 7) is 4.78. The van der Waals surface area contributed by atoms with Gasteiger partial charge in [-0.3, -0.25) is 4.90 Å². The molecule has 2 N–H and O–H groups in total. The van der Waals surface area contributed by atoms with Crippen molar-refractivity contribution < 1.29 is 5.11 Å². The van der Waals surface area contributed by atoms with Gasteiger partial charge in [0.05, 0.1) is 6.61 Å². The first-order valence-electron chi connectivity index (χ1n) is 7.94. The summed E-state index contributed by atoms with van der Waals surface area (Å²) < 4.78 is 0. The summed E-state index contributed by atoms with van der Waals surface area (Å²) in [5.74, 6) is 0. The fourth-order valence-electron chi connectivity index (χ4n) is 3.35. The minimum atomic E-state index is 0.134. The number of aliphatic hydroxyl groups excluding tert-OH is 1. The number of likely N-dealkylation sites (tertiary alicyclic amines) is 1. The van der Waals surface area contributed by atoms with E-state index in [0.717, 1.165) is 30.6 Å². The number of benzene rings is 1. The van der Waals surface area contributed by atoms with Crippen molar-refractivity contribution in [3.8, 4) is 0 Å². The summed E-state index contributed by atoms with van der Waals surface area (Å²) in [4.78, 5) is 2.69. The van der Waals surface area contributed by atoms with Crippen LogP contribution < -0.4 is 5.32 Å². The van der Waals surface area contributed by atoms with Gasteiger partial charge in [-0.2, -0.15) is 0 Å². The first-order valence-corrected chi connectivity index (χ1v) is 7.94. The van der Waals surface area contributed by atoms with Gasteiger partial charge in [-0.1, -0.05) is 24.3 Å². The van der Waals surface area contributed by atoms with Gasteiger partial charge >= 0.3 is 0 Å². The highest BCUT2D eigenvalue weighted by Gasteiger charge is 2.38. The number of hydrogen-bond donors (Lipinski definition) is 2. The van der Waals surface area contributed by atoms with E-state index in [2.05, 4.69) is 29.3 Å². The van der Waals surface area contributed by atoms with Crippen molar-refractivity contribution in [2.45, 2.75) is 57.3 Å². The smallest absolute Gasteiger partial charge is 0.0681 e. The van der Waals surface area contributed by atoms with Gasteiger partial charge in [-0.05, 0) is 50.3 Å². The maximum atomic E-state index is 9.03. The van der Waals surface area contributed by atoms with Crippen LogP contribution in [0.2, 0.25) is 0 Å². The molecule has 3 heteroatoms.